The van der Waals surface area contributed by atoms with E-state index in [1.165, 1.54) is 12.1 Å². The van der Waals surface area contributed by atoms with E-state index in [0.29, 0.717) is 11.6 Å². The Kier molecular flexibility index (Phi) is 6.55. The van der Waals surface area contributed by atoms with E-state index in [-0.39, 0.29) is 5.02 Å². The monoisotopic (exact) mass is 337 g/mol. The maximum atomic E-state index is 13.2. The second-order valence-electron chi connectivity index (χ2n) is 4.97. The molecule has 2 rings (SSSR count). The molecule has 7 heteroatoms. The zero-order valence-electron chi connectivity index (χ0n) is 13.3. The van der Waals surface area contributed by atoms with Crippen LogP contribution in [0.3, 0.4) is 0 Å². The summed E-state index contributed by atoms with van der Waals surface area (Å²) in [7, 11) is 0. The molecule has 0 radical (unpaired) electrons. The quantitative estimate of drug-likeness (QED) is 0.768. The first-order valence-corrected chi connectivity index (χ1v) is 8.01. The van der Waals surface area contributed by atoms with Crippen LogP contribution >= 0.6 is 11.6 Å². The Bertz CT molecular complexity index is 634. The molecule has 0 saturated heterocycles. The first kappa shape index (κ1) is 17.4. The first-order chi connectivity index (χ1) is 11.1. The van der Waals surface area contributed by atoms with E-state index < -0.39 is 5.82 Å². The molecule has 2 N–H and O–H groups in total. The zero-order chi connectivity index (χ0) is 16.7. The minimum absolute atomic E-state index is 0.0588. The van der Waals surface area contributed by atoms with E-state index in [1.54, 1.807) is 12.3 Å². The molecule has 0 aliphatic heterocycles. The van der Waals surface area contributed by atoms with Gasteiger partial charge < -0.3 is 15.5 Å². The lowest BCUT2D eigenvalue weighted by Gasteiger charge is -2.18. The molecular weight excluding hydrogens is 317 g/mol. The summed E-state index contributed by atoms with van der Waals surface area (Å²) in [6.07, 6.45) is 1.67. The van der Waals surface area contributed by atoms with E-state index in [0.717, 1.165) is 32.0 Å². The summed E-state index contributed by atoms with van der Waals surface area (Å²) in [6.45, 7) is 8.10. The van der Waals surface area contributed by atoms with Crippen LogP contribution in [0.15, 0.2) is 30.5 Å². The summed E-state index contributed by atoms with van der Waals surface area (Å²) in [5.74, 6) is 0.716. The second kappa shape index (κ2) is 8.64. The SMILES string of the molecule is CCN(CC)CCNc1ccnc(Nc2ccc(F)c(Cl)c2)n1. The van der Waals surface area contributed by atoms with Gasteiger partial charge in [-0.3, -0.25) is 0 Å². The van der Waals surface area contributed by atoms with Crippen LogP contribution in [-0.4, -0.2) is 41.0 Å². The highest BCUT2D eigenvalue weighted by Crippen LogP contribution is 2.21. The van der Waals surface area contributed by atoms with Gasteiger partial charge in [-0.25, -0.2) is 9.37 Å². The van der Waals surface area contributed by atoms with Crippen molar-refractivity contribution in [3.63, 3.8) is 0 Å². The molecular formula is C16H21ClFN5. The molecule has 0 spiro atoms. The predicted octanol–water partition coefficient (Wildman–Crippen LogP) is 3.77. The van der Waals surface area contributed by atoms with Gasteiger partial charge in [-0.15, -0.1) is 0 Å². The van der Waals surface area contributed by atoms with Gasteiger partial charge in [-0.2, -0.15) is 4.98 Å². The number of halogens is 2. The highest BCUT2D eigenvalue weighted by Gasteiger charge is 2.04. The maximum Gasteiger partial charge on any atom is 0.229 e. The summed E-state index contributed by atoms with van der Waals surface area (Å²) in [6, 6.07) is 6.20. The molecule has 0 atom stereocenters. The van der Waals surface area contributed by atoms with Gasteiger partial charge in [0, 0.05) is 25.0 Å². The lowest BCUT2D eigenvalue weighted by Crippen LogP contribution is -2.28. The molecule has 0 unspecified atom stereocenters. The van der Waals surface area contributed by atoms with Crippen LogP contribution in [0.2, 0.25) is 5.02 Å². The number of nitrogens with one attached hydrogen (secondary N) is 2. The average molecular weight is 338 g/mol. The fourth-order valence-electron chi connectivity index (χ4n) is 2.10. The van der Waals surface area contributed by atoms with Crippen molar-refractivity contribution in [1.82, 2.24) is 14.9 Å². The van der Waals surface area contributed by atoms with Crippen LogP contribution < -0.4 is 10.6 Å². The van der Waals surface area contributed by atoms with E-state index in [9.17, 15) is 4.39 Å². The van der Waals surface area contributed by atoms with Gasteiger partial charge in [0.05, 0.1) is 5.02 Å². The van der Waals surface area contributed by atoms with Crippen molar-refractivity contribution in [2.75, 3.05) is 36.8 Å². The van der Waals surface area contributed by atoms with Crippen molar-refractivity contribution in [3.05, 3.63) is 41.3 Å². The fourth-order valence-corrected chi connectivity index (χ4v) is 2.28. The molecule has 5 nitrogen and oxygen atoms in total. The summed E-state index contributed by atoms with van der Waals surface area (Å²) in [5.41, 5.74) is 0.636. The summed E-state index contributed by atoms with van der Waals surface area (Å²) in [5, 5.41) is 6.34. The normalized spacial score (nSPS) is 10.8. The van der Waals surface area contributed by atoms with Crippen molar-refractivity contribution in [3.8, 4) is 0 Å². The minimum Gasteiger partial charge on any atom is -0.369 e. The van der Waals surface area contributed by atoms with E-state index in [2.05, 4.69) is 39.3 Å². The van der Waals surface area contributed by atoms with Crippen molar-refractivity contribution in [2.45, 2.75) is 13.8 Å². The Balaban J connectivity index is 1.95. The van der Waals surface area contributed by atoms with Crippen molar-refractivity contribution < 1.29 is 4.39 Å². The van der Waals surface area contributed by atoms with Gasteiger partial charge in [0.2, 0.25) is 5.95 Å². The number of nitrogens with zero attached hydrogens (tertiary/aromatic N) is 3. The Morgan fingerprint density at radius 2 is 2.00 bits per heavy atom. The van der Waals surface area contributed by atoms with Gasteiger partial charge in [-0.05, 0) is 37.4 Å². The second-order valence-corrected chi connectivity index (χ2v) is 5.38. The number of rotatable bonds is 8. The Morgan fingerprint density at radius 3 is 2.70 bits per heavy atom. The van der Waals surface area contributed by atoms with E-state index >= 15 is 0 Å². The number of hydrogen-bond acceptors (Lipinski definition) is 5. The number of benzene rings is 1. The van der Waals surface area contributed by atoms with Crippen LogP contribution in [0.5, 0.6) is 0 Å². The highest BCUT2D eigenvalue weighted by molar-refractivity contribution is 6.31. The number of likely N-dealkylation sites (N-methyl/N-ethyl adjacent to an activating group) is 1. The van der Waals surface area contributed by atoms with E-state index in [4.69, 9.17) is 11.6 Å². The zero-order valence-corrected chi connectivity index (χ0v) is 14.1. The third-order valence-electron chi connectivity index (χ3n) is 3.46. The topological polar surface area (TPSA) is 53.1 Å². The maximum absolute atomic E-state index is 13.2. The molecule has 0 aliphatic carbocycles. The molecule has 0 bridgehead atoms. The molecule has 0 saturated carbocycles. The molecule has 1 heterocycles. The molecule has 124 valence electrons. The molecule has 0 fully saturated rings. The number of aromatic nitrogens is 2. The van der Waals surface area contributed by atoms with Crippen molar-refractivity contribution in [1.29, 1.82) is 0 Å². The van der Waals surface area contributed by atoms with E-state index in [1.807, 2.05) is 6.07 Å². The first-order valence-electron chi connectivity index (χ1n) is 7.63. The van der Waals surface area contributed by atoms with Gasteiger partial charge in [-0.1, -0.05) is 25.4 Å². The molecule has 0 aliphatic rings. The lowest BCUT2D eigenvalue weighted by molar-refractivity contribution is 0.316. The summed E-state index contributed by atoms with van der Waals surface area (Å²) >= 11 is 5.76. The molecule has 23 heavy (non-hydrogen) atoms. The van der Waals surface area contributed by atoms with Crippen LogP contribution in [0.4, 0.5) is 21.8 Å². The lowest BCUT2D eigenvalue weighted by atomic mass is 10.3. The van der Waals surface area contributed by atoms with Gasteiger partial charge in [0.15, 0.2) is 0 Å². The summed E-state index contributed by atoms with van der Waals surface area (Å²) < 4.78 is 13.2. The highest BCUT2D eigenvalue weighted by atomic mass is 35.5. The number of hydrogen-bond donors (Lipinski definition) is 2. The molecule has 2 aromatic rings. The van der Waals surface area contributed by atoms with Gasteiger partial charge in [0.1, 0.15) is 11.6 Å². The van der Waals surface area contributed by atoms with Crippen molar-refractivity contribution >= 4 is 29.1 Å². The van der Waals surface area contributed by atoms with Gasteiger partial charge in [0.25, 0.3) is 0 Å². The Labute approximate surface area is 140 Å². The molecule has 0 amide bonds. The Morgan fingerprint density at radius 1 is 1.22 bits per heavy atom. The number of anilines is 3. The smallest absolute Gasteiger partial charge is 0.229 e. The standard InChI is InChI=1S/C16H21ClFN5/c1-3-23(4-2)10-9-19-15-7-8-20-16(22-15)21-12-5-6-14(18)13(17)11-12/h5-8,11H,3-4,9-10H2,1-2H3,(H2,19,20,21,22). The van der Waals surface area contributed by atoms with Crippen LogP contribution in [0, 0.1) is 5.82 Å². The predicted molar refractivity (Wildman–Crippen MR) is 93.0 cm³/mol. The Hall–Kier alpha value is -1.92. The minimum atomic E-state index is -0.454. The summed E-state index contributed by atoms with van der Waals surface area (Å²) in [4.78, 5) is 10.9. The largest absolute Gasteiger partial charge is 0.369 e. The van der Waals surface area contributed by atoms with Crippen LogP contribution in [0.25, 0.3) is 0 Å². The molecule has 1 aromatic heterocycles. The van der Waals surface area contributed by atoms with Crippen LogP contribution in [0.1, 0.15) is 13.8 Å². The van der Waals surface area contributed by atoms with Gasteiger partial charge >= 0.3 is 0 Å². The fraction of sp³-hybridized carbons (Fsp3) is 0.375. The third-order valence-corrected chi connectivity index (χ3v) is 3.75. The van der Waals surface area contributed by atoms with Crippen molar-refractivity contribution in [2.24, 2.45) is 0 Å². The van der Waals surface area contributed by atoms with Crippen LogP contribution in [-0.2, 0) is 0 Å². The molecule has 1 aromatic carbocycles. The third kappa shape index (κ3) is 5.33. The average Bonchev–Trinajstić information content (AvgIpc) is 2.55.